The van der Waals surface area contributed by atoms with Gasteiger partial charge in [0, 0.05) is 19.1 Å². The molecule has 1 heterocycles. The largest absolute Gasteiger partial charge is 0.338 e. The second-order valence-corrected chi connectivity index (χ2v) is 3.05. The van der Waals surface area contributed by atoms with Crippen LogP contribution in [0.25, 0.3) is 0 Å². The van der Waals surface area contributed by atoms with E-state index in [0.717, 1.165) is 25.9 Å². The molecule has 1 fully saturated rings. The van der Waals surface area contributed by atoms with Crippen LogP contribution in [0.15, 0.2) is 0 Å². The van der Waals surface area contributed by atoms with Crippen LogP contribution in [-0.4, -0.2) is 31.7 Å². The van der Waals surface area contributed by atoms with E-state index in [1.807, 2.05) is 6.92 Å². The third-order valence-electron chi connectivity index (χ3n) is 1.97. The van der Waals surface area contributed by atoms with Crippen LogP contribution in [0.3, 0.4) is 0 Å². The van der Waals surface area contributed by atoms with E-state index in [2.05, 4.69) is 16.0 Å². The number of halogens is 1. The van der Waals surface area contributed by atoms with Crippen molar-refractivity contribution in [1.29, 1.82) is 0 Å². The minimum atomic E-state index is -0.0498. The highest BCUT2D eigenvalue weighted by Gasteiger charge is 2.13. The van der Waals surface area contributed by atoms with E-state index in [1.165, 1.54) is 0 Å². The summed E-state index contributed by atoms with van der Waals surface area (Å²) in [6.45, 7) is 4.58. The highest BCUT2D eigenvalue weighted by Crippen LogP contribution is 2.00. The molecule has 0 radical (unpaired) electrons. The second-order valence-electron chi connectivity index (χ2n) is 3.05. The average molecular weight is 208 g/mol. The molecule has 1 aliphatic rings. The SMILES string of the molecule is CCNC(=O)N[C@@H]1CCCNC1.Cl. The molecule has 0 unspecified atom stereocenters. The van der Waals surface area contributed by atoms with Gasteiger partial charge in [-0.25, -0.2) is 4.79 Å². The molecule has 1 atom stereocenters. The molecule has 5 heteroatoms. The first kappa shape index (κ1) is 12.5. The van der Waals surface area contributed by atoms with Gasteiger partial charge < -0.3 is 16.0 Å². The van der Waals surface area contributed by atoms with Crippen molar-refractivity contribution in [3.8, 4) is 0 Å². The molecule has 0 aromatic heterocycles. The topological polar surface area (TPSA) is 53.2 Å². The Morgan fingerprint density at radius 2 is 2.38 bits per heavy atom. The highest BCUT2D eigenvalue weighted by molar-refractivity contribution is 5.85. The molecule has 1 rings (SSSR count). The maximum atomic E-state index is 11.1. The number of nitrogens with one attached hydrogen (secondary N) is 3. The first-order valence-electron chi connectivity index (χ1n) is 4.58. The Hall–Kier alpha value is -0.480. The van der Waals surface area contributed by atoms with Crippen LogP contribution in [0.1, 0.15) is 19.8 Å². The van der Waals surface area contributed by atoms with Gasteiger partial charge in [-0.1, -0.05) is 0 Å². The number of carbonyl (C=O) groups is 1. The molecular weight excluding hydrogens is 190 g/mol. The molecule has 1 aliphatic heterocycles. The van der Waals surface area contributed by atoms with Crippen LogP contribution in [0.2, 0.25) is 0 Å². The molecule has 0 aliphatic carbocycles. The molecule has 0 bridgehead atoms. The Morgan fingerprint density at radius 3 is 2.92 bits per heavy atom. The zero-order chi connectivity index (χ0) is 8.81. The van der Waals surface area contributed by atoms with E-state index in [0.29, 0.717) is 12.6 Å². The lowest BCUT2D eigenvalue weighted by Gasteiger charge is -2.23. The molecule has 1 saturated heterocycles. The predicted molar refractivity (Wildman–Crippen MR) is 55.3 cm³/mol. The maximum Gasteiger partial charge on any atom is 0.315 e. The zero-order valence-corrected chi connectivity index (χ0v) is 8.75. The van der Waals surface area contributed by atoms with Gasteiger partial charge in [-0.2, -0.15) is 0 Å². The van der Waals surface area contributed by atoms with Crippen LogP contribution < -0.4 is 16.0 Å². The third kappa shape index (κ3) is 4.95. The van der Waals surface area contributed by atoms with E-state index >= 15 is 0 Å². The van der Waals surface area contributed by atoms with Gasteiger partial charge in [-0.3, -0.25) is 0 Å². The summed E-state index contributed by atoms with van der Waals surface area (Å²) in [7, 11) is 0. The average Bonchev–Trinajstić information content (AvgIpc) is 2.06. The number of rotatable bonds is 2. The lowest BCUT2D eigenvalue weighted by Crippen LogP contribution is -2.49. The van der Waals surface area contributed by atoms with Crippen LogP contribution in [-0.2, 0) is 0 Å². The van der Waals surface area contributed by atoms with Crippen LogP contribution in [0.4, 0.5) is 4.79 Å². The third-order valence-corrected chi connectivity index (χ3v) is 1.97. The van der Waals surface area contributed by atoms with Crippen LogP contribution in [0.5, 0.6) is 0 Å². The molecule has 0 aromatic rings. The Labute approximate surface area is 85.3 Å². The fraction of sp³-hybridized carbons (Fsp3) is 0.875. The molecule has 2 amide bonds. The van der Waals surface area contributed by atoms with Crippen molar-refractivity contribution in [2.24, 2.45) is 0 Å². The Kier molecular flexibility index (Phi) is 6.72. The van der Waals surface area contributed by atoms with Gasteiger partial charge in [0.15, 0.2) is 0 Å². The molecule has 78 valence electrons. The number of urea groups is 1. The quantitative estimate of drug-likeness (QED) is 0.617. The highest BCUT2D eigenvalue weighted by atomic mass is 35.5. The van der Waals surface area contributed by atoms with Gasteiger partial charge in [0.25, 0.3) is 0 Å². The van der Waals surface area contributed by atoms with Crippen molar-refractivity contribution in [3.63, 3.8) is 0 Å². The van der Waals surface area contributed by atoms with E-state index in [4.69, 9.17) is 0 Å². The van der Waals surface area contributed by atoms with E-state index < -0.39 is 0 Å². The molecule has 0 saturated carbocycles. The Balaban J connectivity index is 0.00000144. The zero-order valence-electron chi connectivity index (χ0n) is 7.93. The number of hydrogen-bond donors (Lipinski definition) is 3. The lowest BCUT2D eigenvalue weighted by atomic mass is 10.1. The van der Waals surface area contributed by atoms with Crippen molar-refractivity contribution in [2.45, 2.75) is 25.8 Å². The molecule has 3 N–H and O–H groups in total. The fourth-order valence-electron chi connectivity index (χ4n) is 1.37. The molecular formula is C8H18ClN3O. The molecule has 0 spiro atoms. The van der Waals surface area contributed by atoms with Crippen molar-refractivity contribution in [1.82, 2.24) is 16.0 Å². The summed E-state index contributed by atoms with van der Waals surface area (Å²) < 4.78 is 0. The van der Waals surface area contributed by atoms with Crippen LogP contribution in [0, 0.1) is 0 Å². The van der Waals surface area contributed by atoms with E-state index in [-0.39, 0.29) is 18.4 Å². The lowest BCUT2D eigenvalue weighted by molar-refractivity contribution is 0.234. The van der Waals surface area contributed by atoms with Crippen molar-refractivity contribution in [2.75, 3.05) is 19.6 Å². The number of amides is 2. The summed E-state index contributed by atoms with van der Waals surface area (Å²) in [4.78, 5) is 11.1. The summed E-state index contributed by atoms with van der Waals surface area (Å²) in [6.07, 6.45) is 2.24. The monoisotopic (exact) mass is 207 g/mol. The van der Waals surface area contributed by atoms with Gasteiger partial charge in [0.2, 0.25) is 0 Å². The Morgan fingerprint density at radius 1 is 1.62 bits per heavy atom. The summed E-state index contributed by atoms with van der Waals surface area (Å²) >= 11 is 0. The summed E-state index contributed by atoms with van der Waals surface area (Å²) in [5.41, 5.74) is 0. The minimum absolute atomic E-state index is 0. The van der Waals surface area contributed by atoms with Gasteiger partial charge >= 0.3 is 6.03 Å². The first-order chi connectivity index (χ1) is 5.83. The van der Waals surface area contributed by atoms with E-state index in [9.17, 15) is 4.79 Å². The number of carbonyl (C=O) groups excluding carboxylic acids is 1. The van der Waals surface area contributed by atoms with Crippen molar-refractivity contribution >= 4 is 18.4 Å². The smallest absolute Gasteiger partial charge is 0.315 e. The van der Waals surface area contributed by atoms with Crippen LogP contribution >= 0.6 is 12.4 Å². The van der Waals surface area contributed by atoms with Gasteiger partial charge in [-0.05, 0) is 26.3 Å². The standard InChI is InChI=1S/C8H17N3O.ClH/c1-2-10-8(12)11-7-4-3-5-9-6-7;/h7,9H,2-6H2,1H3,(H2,10,11,12);1H/t7-;/m1./s1. The maximum absolute atomic E-state index is 11.1. The second kappa shape index (κ2) is 6.97. The molecule has 13 heavy (non-hydrogen) atoms. The molecule has 4 nitrogen and oxygen atoms in total. The van der Waals surface area contributed by atoms with E-state index in [1.54, 1.807) is 0 Å². The van der Waals surface area contributed by atoms with Gasteiger partial charge in [0.1, 0.15) is 0 Å². The summed E-state index contributed by atoms with van der Waals surface area (Å²) in [6, 6.07) is 0.261. The summed E-state index contributed by atoms with van der Waals surface area (Å²) in [5, 5.41) is 8.86. The first-order valence-corrected chi connectivity index (χ1v) is 4.58. The van der Waals surface area contributed by atoms with Gasteiger partial charge in [-0.15, -0.1) is 12.4 Å². The summed E-state index contributed by atoms with van der Waals surface area (Å²) in [5.74, 6) is 0. The minimum Gasteiger partial charge on any atom is -0.338 e. The normalized spacial score (nSPS) is 21.5. The van der Waals surface area contributed by atoms with Gasteiger partial charge in [0.05, 0.1) is 0 Å². The fourth-order valence-corrected chi connectivity index (χ4v) is 1.37. The number of piperidine rings is 1. The predicted octanol–water partition coefficient (Wildman–Crippen LogP) is 0.479. The van der Waals surface area contributed by atoms with Crippen molar-refractivity contribution in [3.05, 3.63) is 0 Å². The Bertz CT molecular complexity index is 148. The number of hydrogen-bond acceptors (Lipinski definition) is 2. The van der Waals surface area contributed by atoms with Crippen molar-refractivity contribution < 1.29 is 4.79 Å². The molecule has 0 aromatic carbocycles.